The Morgan fingerprint density at radius 3 is 3.00 bits per heavy atom. The summed E-state index contributed by atoms with van der Waals surface area (Å²) in [7, 11) is 0. The van der Waals surface area contributed by atoms with Crippen molar-refractivity contribution in [3.05, 3.63) is 16.6 Å². The summed E-state index contributed by atoms with van der Waals surface area (Å²) in [6, 6.07) is 0. The maximum absolute atomic E-state index is 10.9. The van der Waals surface area contributed by atoms with Gasteiger partial charge in [-0.05, 0) is 12.7 Å². The first kappa shape index (κ1) is 10.2. The Labute approximate surface area is 81.4 Å². The minimum atomic E-state index is -0.267. The molecule has 0 unspecified atom stereocenters. The average molecular weight is 199 g/mol. The van der Waals surface area contributed by atoms with Gasteiger partial charge < -0.3 is 0 Å². The summed E-state index contributed by atoms with van der Waals surface area (Å²) in [5.74, 6) is 0. The molecule has 0 aromatic carbocycles. The molecular formula is C8H13N3OS. The third-order valence-corrected chi connectivity index (χ3v) is 2.31. The van der Waals surface area contributed by atoms with Gasteiger partial charge in [0.25, 0.3) is 5.56 Å². The van der Waals surface area contributed by atoms with Crippen molar-refractivity contribution >= 4 is 11.8 Å². The molecule has 72 valence electrons. The molecular weight excluding hydrogens is 186 g/mol. The molecule has 0 radical (unpaired) electrons. The third-order valence-electron chi connectivity index (χ3n) is 1.64. The summed E-state index contributed by atoms with van der Waals surface area (Å²) in [5, 5.41) is 4.70. The van der Waals surface area contributed by atoms with Gasteiger partial charge in [-0.1, -0.05) is 25.1 Å². The number of thioether (sulfide) groups is 1. The van der Waals surface area contributed by atoms with E-state index in [2.05, 4.69) is 17.0 Å². The minimum absolute atomic E-state index is 0.267. The van der Waals surface area contributed by atoms with Crippen LogP contribution < -0.4 is 5.56 Å². The van der Waals surface area contributed by atoms with Gasteiger partial charge in [0.2, 0.25) is 0 Å². The van der Waals surface area contributed by atoms with Crippen LogP contribution >= 0.6 is 11.8 Å². The van der Waals surface area contributed by atoms with Gasteiger partial charge in [0.05, 0.1) is 0 Å². The Bertz CT molecular complexity index is 323. The first-order valence-electron chi connectivity index (χ1n) is 4.26. The molecule has 0 saturated carbocycles. The van der Waals surface area contributed by atoms with Gasteiger partial charge in [-0.3, -0.25) is 4.79 Å². The number of aryl methyl sites for hydroxylation is 1. The predicted octanol–water partition coefficient (Wildman–Crippen LogP) is 1.16. The van der Waals surface area contributed by atoms with Gasteiger partial charge in [-0.25, -0.2) is 4.68 Å². The molecule has 4 nitrogen and oxygen atoms in total. The molecule has 0 N–H and O–H groups in total. The van der Waals surface area contributed by atoms with Crippen molar-refractivity contribution in [2.75, 3.05) is 6.26 Å². The summed E-state index contributed by atoms with van der Waals surface area (Å²) in [5.41, 5.74) is -0.267. The number of aromatic nitrogens is 3. The molecule has 0 amide bonds. The highest BCUT2D eigenvalue weighted by molar-refractivity contribution is 7.98. The van der Waals surface area contributed by atoms with E-state index in [0.29, 0.717) is 5.16 Å². The maximum atomic E-state index is 10.9. The Hall–Kier alpha value is -0.840. The van der Waals surface area contributed by atoms with E-state index in [1.807, 2.05) is 6.26 Å². The lowest BCUT2D eigenvalue weighted by molar-refractivity contribution is 0.491. The smallest absolute Gasteiger partial charge is 0.266 e. The van der Waals surface area contributed by atoms with Crippen molar-refractivity contribution in [3.63, 3.8) is 0 Å². The van der Waals surface area contributed by atoms with Crippen molar-refractivity contribution < 1.29 is 0 Å². The Morgan fingerprint density at radius 2 is 2.38 bits per heavy atom. The van der Waals surface area contributed by atoms with Gasteiger partial charge in [-0.2, -0.15) is 10.1 Å². The molecule has 0 aliphatic rings. The van der Waals surface area contributed by atoms with E-state index in [1.165, 1.54) is 18.0 Å². The van der Waals surface area contributed by atoms with Crippen LogP contribution in [-0.2, 0) is 6.54 Å². The van der Waals surface area contributed by atoms with Crippen LogP contribution in [0.25, 0.3) is 0 Å². The van der Waals surface area contributed by atoms with Crippen molar-refractivity contribution in [1.29, 1.82) is 0 Å². The Morgan fingerprint density at radius 1 is 1.62 bits per heavy atom. The number of hydrogen-bond donors (Lipinski definition) is 0. The standard InChI is InChI=1S/C8H13N3OS/c1-3-4-5-11-8(13-2)10-7(12)6-9-11/h6H,3-5H2,1-2H3. The second-order valence-corrected chi connectivity index (χ2v) is 3.43. The Balaban J connectivity index is 2.86. The van der Waals surface area contributed by atoms with Gasteiger partial charge in [0, 0.05) is 6.54 Å². The van der Waals surface area contributed by atoms with Crippen LogP contribution in [0.1, 0.15) is 19.8 Å². The van der Waals surface area contributed by atoms with Crippen LogP contribution in [0.5, 0.6) is 0 Å². The number of rotatable bonds is 4. The van der Waals surface area contributed by atoms with Gasteiger partial charge in [-0.15, -0.1) is 0 Å². The summed E-state index contributed by atoms with van der Waals surface area (Å²) >= 11 is 1.45. The second-order valence-electron chi connectivity index (χ2n) is 2.66. The average Bonchev–Trinajstić information content (AvgIpc) is 2.16. The number of nitrogens with zero attached hydrogens (tertiary/aromatic N) is 3. The molecule has 5 heteroatoms. The van der Waals surface area contributed by atoms with Gasteiger partial charge in [0.1, 0.15) is 6.20 Å². The summed E-state index contributed by atoms with van der Waals surface area (Å²) < 4.78 is 1.77. The fourth-order valence-electron chi connectivity index (χ4n) is 0.962. The fourth-order valence-corrected chi connectivity index (χ4v) is 1.49. The van der Waals surface area contributed by atoms with E-state index in [1.54, 1.807) is 4.68 Å². The summed E-state index contributed by atoms with van der Waals surface area (Å²) in [4.78, 5) is 14.7. The summed E-state index contributed by atoms with van der Waals surface area (Å²) in [6.07, 6.45) is 5.33. The van der Waals surface area contributed by atoms with Crippen LogP contribution in [-0.4, -0.2) is 21.0 Å². The first-order valence-corrected chi connectivity index (χ1v) is 5.48. The lowest BCUT2D eigenvalue weighted by Crippen LogP contribution is -2.16. The highest BCUT2D eigenvalue weighted by Crippen LogP contribution is 2.08. The van der Waals surface area contributed by atoms with Gasteiger partial charge >= 0.3 is 0 Å². The quantitative estimate of drug-likeness (QED) is 0.683. The lowest BCUT2D eigenvalue weighted by atomic mass is 10.3. The SMILES string of the molecule is CCCCn1ncc(=O)nc1SC. The lowest BCUT2D eigenvalue weighted by Gasteiger charge is -2.06. The van der Waals surface area contributed by atoms with E-state index in [4.69, 9.17) is 0 Å². The molecule has 1 aromatic heterocycles. The molecule has 0 fully saturated rings. The van der Waals surface area contributed by atoms with E-state index < -0.39 is 0 Å². The molecule has 1 rings (SSSR count). The molecule has 0 spiro atoms. The van der Waals surface area contributed by atoms with E-state index in [0.717, 1.165) is 19.4 Å². The molecule has 1 aromatic rings. The van der Waals surface area contributed by atoms with Crippen LogP contribution in [0.2, 0.25) is 0 Å². The van der Waals surface area contributed by atoms with E-state index >= 15 is 0 Å². The molecule has 0 saturated heterocycles. The molecule has 0 aliphatic heterocycles. The normalized spacial score (nSPS) is 10.3. The van der Waals surface area contributed by atoms with E-state index in [-0.39, 0.29) is 5.56 Å². The van der Waals surface area contributed by atoms with Crippen LogP contribution in [0, 0.1) is 0 Å². The second kappa shape index (κ2) is 5.01. The Kier molecular flexibility index (Phi) is 3.95. The zero-order valence-corrected chi connectivity index (χ0v) is 8.67. The minimum Gasteiger partial charge on any atom is -0.266 e. The van der Waals surface area contributed by atoms with Crippen LogP contribution in [0.4, 0.5) is 0 Å². The molecule has 13 heavy (non-hydrogen) atoms. The topological polar surface area (TPSA) is 47.8 Å². The molecule has 1 heterocycles. The molecule has 0 bridgehead atoms. The third kappa shape index (κ3) is 2.84. The van der Waals surface area contributed by atoms with Gasteiger partial charge in [0.15, 0.2) is 5.16 Å². The predicted molar refractivity (Wildman–Crippen MR) is 53.0 cm³/mol. The number of unbranched alkanes of at least 4 members (excludes halogenated alkanes) is 1. The number of hydrogen-bond acceptors (Lipinski definition) is 4. The van der Waals surface area contributed by atoms with E-state index in [9.17, 15) is 4.79 Å². The van der Waals surface area contributed by atoms with Crippen molar-refractivity contribution in [2.45, 2.75) is 31.5 Å². The zero-order valence-electron chi connectivity index (χ0n) is 7.86. The highest BCUT2D eigenvalue weighted by atomic mass is 32.2. The fraction of sp³-hybridized carbons (Fsp3) is 0.625. The largest absolute Gasteiger partial charge is 0.292 e. The van der Waals surface area contributed by atoms with Crippen molar-refractivity contribution in [3.8, 4) is 0 Å². The highest BCUT2D eigenvalue weighted by Gasteiger charge is 2.01. The summed E-state index contributed by atoms with van der Waals surface area (Å²) in [6.45, 7) is 2.95. The van der Waals surface area contributed by atoms with Crippen LogP contribution in [0.15, 0.2) is 16.1 Å². The molecule has 0 atom stereocenters. The molecule has 0 aliphatic carbocycles. The van der Waals surface area contributed by atoms with Crippen LogP contribution in [0.3, 0.4) is 0 Å². The monoisotopic (exact) mass is 199 g/mol. The van der Waals surface area contributed by atoms with Crippen molar-refractivity contribution in [2.24, 2.45) is 0 Å². The maximum Gasteiger partial charge on any atom is 0.292 e. The van der Waals surface area contributed by atoms with Crippen molar-refractivity contribution in [1.82, 2.24) is 14.8 Å². The first-order chi connectivity index (χ1) is 6.27. The zero-order chi connectivity index (χ0) is 9.68.